The second-order valence-corrected chi connectivity index (χ2v) is 11.8. The molecule has 2 aliphatic rings. The quantitative estimate of drug-likeness (QED) is 0.387. The number of rotatable bonds is 7. The van der Waals surface area contributed by atoms with Crippen molar-refractivity contribution in [1.29, 1.82) is 0 Å². The molecule has 2 amide bonds. The summed E-state index contributed by atoms with van der Waals surface area (Å²) in [5.74, 6) is -0.700. The Labute approximate surface area is 256 Å². The zero-order chi connectivity index (χ0) is 30.8. The minimum atomic E-state index is -0.653. The Kier molecular flexibility index (Phi) is 9.17. The molecule has 9 nitrogen and oxygen atoms in total. The summed E-state index contributed by atoms with van der Waals surface area (Å²) >= 11 is 6.91. The summed E-state index contributed by atoms with van der Waals surface area (Å²) < 4.78 is 16.8. The first kappa shape index (κ1) is 30.7. The molecule has 0 bridgehead atoms. The molecule has 0 spiro atoms. The Bertz CT molecular complexity index is 1560. The third-order valence-corrected chi connectivity index (χ3v) is 8.79. The van der Waals surface area contributed by atoms with Crippen LogP contribution in [0.1, 0.15) is 42.9 Å². The maximum absolute atomic E-state index is 16.8. The van der Waals surface area contributed by atoms with Gasteiger partial charge in [-0.1, -0.05) is 48.9 Å². The largest absolute Gasteiger partial charge is 0.392 e. The highest BCUT2D eigenvalue weighted by Gasteiger charge is 2.37. The van der Waals surface area contributed by atoms with Gasteiger partial charge >= 0.3 is 0 Å². The predicted octanol–water partition coefficient (Wildman–Crippen LogP) is 4.22. The van der Waals surface area contributed by atoms with Gasteiger partial charge < -0.3 is 25.1 Å². The summed E-state index contributed by atoms with van der Waals surface area (Å²) in [6.07, 6.45) is 3.33. The van der Waals surface area contributed by atoms with E-state index < -0.39 is 17.8 Å². The second-order valence-electron chi connectivity index (χ2n) is 11.4. The molecule has 1 aromatic heterocycles. The van der Waals surface area contributed by atoms with Gasteiger partial charge in [0, 0.05) is 75.1 Å². The molecule has 2 N–H and O–H groups in total. The minimum Gasteiger partial charge on any atom is -0.392 e. The summed E-state index contributed by atoms with van der Waals surface area (Å²) in [6.45, 7) is 5.95. The van der Waals surface area contributed by atoms with Gasteiger partial charge in [0.05, 0.1) is 6.10 Å². The van der Waals surface area contributed by atoms with Gasteiger partial charge in [0.25, 0.3) is 0 Å². The number of aromatic nitrogens is 2. The van der Waals surface area contributed by atoms with Crippen molar-refractivity contribution >= 4 is 46.1 Å². The number of nitrogens with one attached hydrogen (secondary N) is 1. The van der Waals surface area contributed by atoms with Crippen molar-refractivity contribution in [3.8, 4) is 0 Å². The van der Waals surface area contributed by atoms with E-state index in [0.717, 1.165) is 11.1 Å². The van der Waals surface area contributed by atoms with Crippen LogP contribution >= 0.6 is 11.6 Å². The van der Waals surface area contributed by atoms with Crippen LogP contribution in [0.15, 0.2) is 42.5 Å². The highest BCUT2D eigenvalue weighted by Crippen LogP contribution is 2.46. The lowest BCUT2D eigenvalue weighted by Gasteiger charge is -2.37. The number of aliphatic hydroxyl groups is 1. The zero-order valence-electron chi connectivity index (χ0n) is 25.0. The molecule has 228 valence electrons. The smallest absolute Gasteiger partial charge is 0.246 e. The average molecular weight is 609 g/mol. The molecule has 2 heterocycles. The Morgan fingerprint density at radius 3 is 2.60 bits per heavy atom. The van der Waals surface area contributed by atoms with Crippen LogP contribution in [0.25, 0.3) is 10.9 Å². The lowest BCUT2D eigenvalue weighted by Crippen LogP contribution is -2.48. The molecule has 1 saturated heterocycles. The average Bonchev–Trinajstić information content (AvgIpc) is 2.99. The van der Waals surface area contributed by atoms with Crippen molar-refractivity contribution < 1.29 is 19.1 Å². The molecule has 0 radical (unpaired) electrons. The molecule has 3 atom stereocenters. The fourth-order valence-electron chi connectivity index (χ4n) is 6.05. The number of aliphatic hydroxyl groups excluding tert-OH is 1. The number of hydrogen-bond acceptors (Lipinski definition) is 7. The van der Waals surface area contributed by atoms with Crippen LogP contribution in [0, 0.1) is 11.7 Å². The SMILES string of the molecule is C/C=C/C(=O)N1CCN(c2nc(NCCC(=O)N(C)C)nc3c(F)c([C@@H]4c5ccccc5CC(O)[C@@H]4C)c(Cl)cc23)CC1. The van der Waals surface area contributed by atoms with Gasteiger partial charge in [0.1, 0.15) is 11.3 Å². The molecular formula is C32H38ClFN6O3. The lowest BCUT2D eigenvalue weighted by atomic mass is 9.71. The molecule has 1 unspecified atom stereocenters. The Hall–Kier alpha value is -3.76. The van der Waals surface area contributed by atoms with Gasteiger partial charge in [0.2, 0.25) is 17.8 Å². The van der Waals surface area contributed by atoms with E-state index in [2.05, 4.69) is 10.3 Å². The van der Waals surface area contributed by atoms with Crippen LogP contribution in [0.3, 0.4) is 0 Å². The topological polar surface area (TPSA) is 102 Å². The number of amides is 2. The van der Waals surface area contributed by atoms with Crippen molar-refractivity contribution in [3.05, 3.63) is 70.0 Å². The molecule has 3 aromatic rings. The van der Waals surface area contributed by atoms with Gasteiger partial charge in [-0.3, -0.25) is 9.59 Å². The summed E-state index contributed by atoms with van der Waals surface area (Å²) in [7, 11) is 3.38. The number of allylic oxidation sites excluding steroid dienone is 1. The number of nitrogens with zero attached hydrogens (tertiary/aromatic N) is 5. The highest BCUT2D eigenvalue weighted by atomic mass is 35.5. The minimum absolute atomic E-state index is 0.0505. The first-order valence-corrected chi connectivity index (χ1v) is 15.0. The van der Waals surface area contributed by atoms with E-state index in [-0.39, 0.29) is 47.2 Å². The van der Waals surface area contributed by atoms with Gasteiger partial charge in [-0.05, 0) is 42.5 Å². The maximum atomic E-state index is 16.8. The van der Waals surface area contributed by atoms with E-state index in [9.17, 15) is 14.7 Å². The van der Waals surface area contributed by atoms with Crippen molar-refractivity contribution in [2.45, 2.75) is 38.7 Å². The maximum Gasteiger partial charge on any atom is 0.246 e. The monoisotopic (exact) mass is 608 g/mol. The number of carbonyl (C=O) groups excluding carboxylic acids is 2. The fraction of sp³-hybridized carbons (Fsp3) is 0.438. The van der Waals surface area contributed by atoms with E-state index in [1.807, 2.05) is 43.0 Å². The normalized spacial score (nSPS) is 20.4. The number of benzene rings is 2. The van der Waals surface area contributed by atoms with Gasteiger partial charge in [-0.25, -0.2) is 9.37 Å². The van der Waals surface area contributed by atoms with E-state index in [0.29, 0.717) is 49.4 Å². The molecule has 43 heavy (non-hydrogen) atoms. The Morgan fingerprint density at radius 1 is 1.19 bits per heavy atom. The number of fused-ring (bicyclic) bond motifs is 2. The first-order chi connectivity index (χ1) is 20.6. The number of halogens is 2. The van der Waals surface area contributed by atoms with Crippen molar-refractivity contribution in [2.24, 2.45) is 5.92 Å². The van der Waals surface area contributed by atoms with Crippen molar-refractivity contribution in [3.63, 3.8) is 0 Å². The molecule has 1 aliphatic heterocycles. The molecule has 11 heteroatoms. The summed E-state index contributed by atoms with van der Waals surface area (Å²) in [4.78, 5) is 39.2. The third-order valence-electron chi connectivity index (χ3n) is 8.48. The zero-order valence-corrected chi connectivity index (χ0v) is 25.7. The van der Waals surface area contributed by atoms with E-state index in [1.54, 1.807) is 37.2 Å². The summed E-state index contributed by atoms with van der Waals surface area (Å²) in [5.41, 5.74) is 2.32. The second kappa shape index (κ2) is 12.9. The van der Waals surface area contributed by atoms with Crippen LogP contribution in [-0.4, -0.2) is 89.6 Å². The van der Waals surface area contributed by atoms with E-state index >= 15 is 4.39 Å². The fourth-order valence-corrected chi connectivity index (χ4v) is 6.36. The molecule has 1 aliphatic carbocycles. The van der Waals surface area contributed by atoms with Gasteiger partial charge in [-0.15, -0.1) is 0 Å². The standard InChI is InChI=1S/C32H38ClFN6O3/c1-5-8-26(43)39-13-15-40(16-14-39)31-22-18-23(33)28(27-19(2)24(41)17-20-9-6-7-10-21(20)27)29(34)30(22)36-32(37-31)35-12-11-25(42)38(3)4/h5-10,18-19,24,27,41H,11-17H2,1-4H3,(H,35,36,37)/b8-5+/t19-,24?,27-/m0/s1. The Balaban J connectivity index is 1.59. The molecule has 2 aromatic carbocycles. The molecule has 1 fully saturated rings. The van der Waals surface area contributed by atoms with Gasteiger partial charge in [-0.2, -0.15) is 4.98 Å². The number of hydrogen-bond donors (Lipinski definition) is 2. The summed E-state index contributed by atoms with van der Waals surface area (Å²) in [6, 6.07) is 9.49. The summed E-state index contributed by atoms with van der Waals surface area (Å²) in [5, 5.41) is 14.7. The lowest BCUT2D eigenvalue weighted by molar-refractivity contribution is -0.128. The highest BCUT2D eigenvalue weighted by molar-refractivity contribution is 6.32. The van der Waals surface area contributed by atoms with Crippen LogP contribution in [-0.2, 0) is 16.0 Å². The number of anilines is 2. The van der Waals surface area contributed by atoms with Crippen LogP contribution < -0.4 is 10.2 Å². The molecular weight excluding hydrogens is 571 g/mol. The van der Waals surface area contributed by atoms with Crippen molar-refractivity contribution in [1.82, 2.24) is 19.8 Å². The predicted molar refractivity (Wildman–Crippen MR) is 167 cm³/mol. The van der Waals surface area contributed by atoms with Crippen molar-refractivity contribution in [2.75, 3.05) is 57.0 Å². The van der Waals surface area contributed by atoms with Crippen LogP contribution in [0.2, 0.25) is 5.02 Å². The molecule has 5 rings (SSSR count). The first-order valence-electron chi connectivity index (χ1n) is 14.7. The third kappa shape index (κ3) is 6.17. The van der Waals surface area contributed by atoms with Crippen LogP contribution in [0.4, 0.5) is 16.2 Å². The Morgan fingerprint density at radius 2 is 1.91 bits per heavy atom. The number of piperazine rings is 1. The van der Waals surface area contributed by atoms with E-state index in [4.69, 9.17) is 16.6 Å². The molecule has 0 saturated carbocycles. The number of carbonyl (C=O) groups is 2. The van der Waals surface area contributed by atoms with Crippen LogP contribution in [0.5, 0.6) is 0 Å². The van der Waals surface area contributed by atoms with E-state index in [1.165, 1.54) is 4.90 Å². The van der Waals surface area contributed by atoms with Gasteiger partial charge in [0.15, 0.2) is 5.82 Å².